The van der Waals surface area contributed by atoms with Crippen LogP contribution in [0, 0.1) is 11.3 Å². The van der Waals surface area contributed by atoms with Gasteiger partial charge in [-0.25, -0.2) is 9.97 Å². The molecule has 6 heteroatoms. The largest absolute Gasteiger partial charge is 0.362 e. The number of hydrogen-bond acceptors (Lipinski definition) is 5. The molecule has 2 rings (SSSR count). The Balaban J connectivity index is 2.08. The smallest absolute Gasteiger partial charge is 0.182 e. The van der Waals surface area contributed by atoms with Crippen LogP contribution in [0.25, 0.3) is 0 Å². The summed E-state index contributed by atoms with van der Waals surface area (Å²) in [6, 6.07) is 3.81. The Morgan fingerprint density at radius 2 is 2.20 bits per heavy atom. The first kappa shape index (κ1) is 9.15. The normalized spacial score (nSPS) is 9.53. The fourth-order valence-electron chi connectivity index (χ4n) is 1.11. The van der Waals surface area contributed by atoms with Crippen molar-refractivity contribution in [3.8, 4) is 6.07 Å². The van der Waals surface area contributed by atoms with E-state index in [0.717, 1.165) is 5.69 Å². The van der Waals surface area contributed by atoms with Crippen LogP contribution in [0.5, 0.6) is 0 Å². The molecule has 0 fully saturated rings. The van der Waals surface area contributed by atoms with E-state index in [1.54, 1.807) is 6.20 Å². The highest BCUT2D eigenvalue weighted by molar-refractivity contribution is 5.46. The van der Waals surface area contributed by atoms with E-state index < -0.39 is 0 Å². The molecule has 2 aromatic heterocycles. The molecule has 0 atom stereocenters. The Labute approximate surface area is 86.0 Å². The van der Waals surface area contributed by atoms with E-state index in [4.69, 9.17) is 5.26 Å². The van der Waals surface area contributed by atoms with E-state index in [0.29, 0.717) is 12.4 Å². The molecule has 74 valence electrons. The number of nitriles is 1. The number of nitrogens with zero attached hydrogens (tertiary/aromatic N) is 4. The standard InChI is InChI=1S/C9H8N6/c10-5-8-9(12-4-3-11-8)13-6-7-1-2-14-15-7/h1-4H,6H2,(H,12,13)(H,14,15). The molecule has 2 N–H and O–H groups in total. The molecule has 0 aliphatic carbocycles. The first-order valence-corrected chi connectivity index (χ1v) is 4.33. The fraction of sp³-hybridized carbons (Fsp3) is 0.111. The molecule has 0 amide bonds. The molecule has 0 aliphatic rings. The highest BCUT2D eigenvalue weighted by Gasteiger charge is 2.03. The van der Waals surface area contributed by atoms with Crippen molar-refractivity contribution in [1.29, 1.82) is 5.26 Å². The second-order valence-electron chi connectivity index (χ2n) is 2.80. The van der Waals surface area contributed by atoms with Crippen LogP contribution in [0.4, 0.5) is 5.82 Å². The Kier molecular flexibility index (Phi) is 2.56. The topological polar surface area (TPSA) is 90.3 Å². The van der Waals surface area contributed by atoms with Gasteiger partial charge in [0.1, 0.15) is 6.07 Å². The van der Waals surface area contributed by atoms with Gasteiger partial charge < -0.3 is 5.32 Å². The second-order valence-corrected chi connectivity index (χ2v) is 2.80. The van der Waals surface area contributed by atoms with E-state index in [-0.39, 0.29) is 5.69 Å². The van der Waals surface area contributed by atoms with Crippen LogP contribution in [0.2, 0.25) is 0 Å². The van der Waals surface area contributed by atoms with Gasteiger partial charge in [0.15, 0.2) is 11.5 Å². The predicted molar refractivity (Wildman–Crippen MR) is 52.7 cm³/mol. The molecular weight excluding hydrogens is 192 g/mol. The van der Waals surface area contributed by atoms with Gasteiger partial charge in [-0.15, -0.1) is 0 Å². The molecule has 15 heavy (non-hydrogen) atoms. The van der Waals surface area contributed by atoms with Gasteiger partial charge in [-0.3, -0.25) is 5.10 Å². The molecule has 0 aliphatic heterocycles. The van der Waals surface area contributed by atoms with Crippen LogP contribution < -0.4 is 5.32 Å². The van der Waals surface area contributed by atoms with Crippen LogP contribution in [0.1, 0.15) is 11.4 Å². The summed E-state index contributed by atoms with van der Waals surface area (Å²) in [7, 11) is 0. The van der Waals surface area contributed by atoms with Gasteiger partial charge in [0.2, 0.25) is 0 Å². The third-order valence-corrected chi connectivity index (χ3v) is 1.81. The molecule has 0 spiro atoms. The van der Waals surface area contributed by atoms with E-state index in [1.807, 2.05) is 12.1 Å². The van der Waals surface area contributed by atoms with Crippen molar-refractivity contribution in [2.24, 2.45) is 0 Å². The third-order valence-electron chi connectivity index (χ3n) is 1.81. The summed E-state index contributed by atoms with van der Waals surface area (Å²) in [5.74, 6) is 0.481. The zero-order valence-corrected chi connectivity index (χ0v) is 7.81. The number of hydrogen-bond donors (Lipinski definition) is 2. The lowest BCUT2D eigenvalue weighted by atomic mass is 10.4. The zero-order chi connectivity index (χ0) is 10.5. The summed E-state index contributed by atoms with van der Waals surface area (Å²) in [5, 5.41) is 18.4. The lowest BCUT2D eigenvalue weighted by Crippen LogP contribution is -2.04. The number of nitrogens with one attached hydrogen (secondary N) is 2. The van der Waals surface area contributed by atoms with Crippen molar-refractivity contribution in [3.05, 3.63) is 36.0 Å². The van der Waals surface area contributed by atoms with Gasteiger partial charge in [0.25, 0.3) is 0 Å². The minimum absolute atomic E-state index is 0.289. The Morgan fingerprint density at radius 1 is 1.33 bits per heavy atom. The van der Waals surface area contributed by atoms with E-state index >= 15 is 0 Å². The quantitative estimate of drug-likeness (QED) is 0.760. The summed E-state index contributed by atoms with van der Waals surface area (Å²) < 4.78 is 0. The predicted octanol–water partition coefficient (Wildman–Crippen LogP) is 0.683. The monoisotopic (exact) mass is 200 g/mol. The van der Waals surface area contributed by atoms with Gasteiger partial charge in [0.05, 0.1) is 12.2 Å². The third kappa shape index (κ3) is 2.08. The number of H-pyrrole nitrogens is 1. The first-order chi connectivity index (χ1) is 7.40. The molecule has 0 radical (unpaired) electrons. The number of aromatic nitrogens is 4. The van der Waals surface area contributed by atoms with Gasteiger partial charge in [-0.05, 0) is 6.07 Å². The average Bonchev–Trinajstić information content (AvgIpc) is 2.79. The number of aromatic amines is 1. The van der Waals surface area contributed by atoms with Crippen LogP contribution in [-0.4, -0.2) is 20.2 Å². The highest BCUT2D eigenvalue weighted by Crippen LogP contribution is 2.07. The highest BCUT2D eigenvalue weighted by atomic mass is 15.1. The average molecular weight is 200 g/mol. The second kappa shape index (κ2) is 4.19. The van der Waals surface area contributed by atoms with Gasteiger partial charge in [-0.1, -0.05) is 0 Å². The fourth-order valence-corrected chi connectivity index (χ4v) is 1.11. The number of rotatable bonds is 3. The van der Waals surface area contributed by atoms with Crippen LogP contribution in [0.15, 0.2) is 24.7 Å². The Hall–Kier alpha value is -2.42. The van der Waals surface area contributed by atoms with Crippen molar-refractivity contribution in [1.82, 2.24) is 20.2 Å². The summed E-state index contributed by atoms with van der Waals surface area (Å²) in [5.41, 5.74) is 1.21. The van der Waals surface area contributed by atoms with E-state index in [9.17, 15) is 0 Å². The van der Waals surface area contributed by atoms with Crippen molar-refractivity contribution >= 4 is 5.82 Å². The SMILES string of the molecule is N#Cc1nccnc1NCc1ccn[nH]1. The minimum atomic E-state index is 0.289. The Morgan fingerprint density at radius 3 is 2.93 bits per heavy atom. The van der Waals surface area contributed by atoms with Crippen molar-refractivity contribution in [2.45, 2.75) is 6.54 Å². The van der Waals surface area contributed by atoms with Gasteiger partial charge in [-0.2, -0.15) is 10.4 Å². The lowest BCUT2D eigenvalue weighted by Gasteiger charge is -2.03. The zero-order valence-electron chi connectivity index (χ0n) is 7.81. The molecule has 6 nitrogen and oxygen atoms in total. The molecule has 0 aromatic carbocycles. The van der Waals surface area contributed by atoms with E-state index in [1.165, 1.54) is 12.4 Å². The van der Waals surface area contributed by atoms with E-state index in [2.05, 4.69) is 25.5 Å². The van der Waals surface area contributed by atoms with Crippen LogP contribution >= 0.6 is 0 Å². The maximum Gasteiger partial charge on any atom is 0.182 e. The van der Waals surface area contributed by atoms with Gasteiger partial charge >= 0.3 is 0 Å². The molecule has 0 unspecified atom stereocenters. The summed E-state index contributed by atoms with van der Waals surface area (Å²) >= 11 is 0. The lowest BCUT2D eigenvalue weighted by molar-refractivity contribution is 0.969. The maximum absolute atomic E-state index is 8.76. The molecule has 0 bridgehead atoms. The summed E-state index contributed by atoms with van der Waals surface area (Å²) in [6.45, 7) is 0.535. The van der Waals surface area contributed by atoms with Crippen molar-refractivity contribution < 1.29 is 0 Å². The number of anilines is 1. The summed E-state index contributed by atoms with van der Waals surface area (Å²) in [6.07, 6.45) is 4.69. The Bertz CT molecular complexity index is 470. The van der Waals surface area contributed by atoms with Crippen molar-refractivity contribution in [2.75, 3.05) is 5.32 Å². The maximum atomic E-state index is 8.76. The van der Waals surface area contributed by atoms with Gasteiger partial charge in [0, 0.05) is 18.6 Å². The summed E-state index contributed by atoms with van der Waals surface area (Å²) in [4.78, 5) is 7.90. The molecular formula is C9H8N6. The molecule has 2 aromatic rings. The molecule has 2 heterocycles. The molecule has 0 saturated heterocycles. The minimum Gasteiger partial charge on any atom is -0.362 e. The van der Waals surface area contributed by atoms with Crippen LogP contribution in [0.3, 0.4) is 0 Å². The van der Waals surface area contributed by atoms with Crippen LogP contribution in [-0.2, 0) is 6.54 Å². The first-order valence-electron chi connectivity index (χ1n) is 4.33. The molecule has 0 saturated carbocycles. The van der Waals surface area contributed by atoms with Crippen molar-refractivity contribution in [3.63, 3.8) is 0 Å².